The molecule has 24 heavy (non-hydrogen) atoms. The van der Waals surface area contributed by atoms with Gasteiger partial charge in [0.05, 0.1) is 4.90 Å². The highest BCUT2D eigenvalue weighted by atomic mass is 32.2. The first-order chi connectivity index (χ1) is 11.5. The van der Waals surface area contributed by atoms with Crippen molar-refractivity contribution in [3.63, 3.8) is 0 Å². The molecule has 2 saturated heterocycles. The molecular weight excluding hydrogens is 324 g/mol. The van der Waals surface area contributed by atoms with Gasteiger partial charge >= 0.3 is 0 Å². The van der Waals surface area contributed by atoms with Crippen molar-refractivity contribution in [2.45, 2.75) is 43.9 Å². The van der Waals surface area contributed by atoms with E-state index in [-0.39, 0.29) is 10.8 Å². The van der Waals surface area contributed by atoms with Crippen LogP contribution in [0, 0.1) is 5.92 Å². The number of amides is 1. The Hall–Kier alpha value is -1.40. The van der Waals surface area contributed by atoms with Crippen LogP contribution >= 0.6 is 0 Å². The third kappa shape index (κ3) is 3.64. The first-order valence-electron chi connectivity index (χ1n) is 8.88. The van der Waals surface area contributed by atoms with Gasteiger partial charge in [0, 0.05) is 31.7 Å². The normalized spacial score (nSPS) is 23.2. The fraction of sp³-hybridized carbons (Fsp3) is 0.611. The monoisotopic (exact) mass is 350 g/mol. The number of rotatable bonds is 3. The van der Waals surface area contributed by atoms with Crippen LogP contribution in [0.3, 0.4) is 0 Å². The maximum atomic E-state index is 12.6. The summed E-state index contributed by atoms with van der Waals surface area (Å²) in [6.07, 6.45) is 5.13. The summed E-state index contributed by atoms with van der Waals surface area (Å²) in [6, 6.07) is 6.45. The van der Waals surface area contributed by atoms with Crippen LogP contribution in [0.4, 0.5) is 0 Å². The number of piperidine rings is 2. The molecular formula is C18H26N2O3S. The van der Waals surface area contributed by atoms with E-state index in [1.54, 1.807) is 28.6 Å². The summed E-state index contributed by atoms with van der Waals surface area (Å²) in [5.74, 6) is 0.532. The fourth-order valence-electron chi connectivity index (χ4n) is 3.58. The van der Waals surface area contributed by atoms with E-state index in [0.29, 0.717) is 24.6 Å². The Morgan fingerprint density at radius 2 is 1.67 bits per heavy atom. The third-order valence-electron chi connectivity index (χ3n) is 5.00. The minimum Gasteiger partial charge on any atom is -0.338 e. The van der Waals surface area contributed by atoms with Gasteiger partial charge in [-0.25, -0.2) is 8.42 Å². The van der Waals surface area contributed by atoms with Crippen molar-refractivity contribution < 1.29 is 13.2 Å². The van der Waals surface area contributed by atoms with Gasteiger partial charge < -0.3 is 4.90 Å². The van der Waals surface area contributed by atoms with Gasteiger partial charge in [-0.3, -0.25) is 4.79 Å². The summed E-state index contributed by atoms with van der Waals surface area (Å²) >= 11 is 0. The Kier molecular flexibility index (Phi) is 5.25. The highest BCUT2D eigenvalue weighted by molar-refractivity contribution is 7.89. The maximum absolute atomic E-state index is 12.6. The number of carbonyl (C=O) groups excluding carboxylic acids is 1. The average molecular weight is 350 g/mol. The number of benzene rings is 1. The van der Waals surface area contributed by atoms with E-state index in [1.165, 1.54) is 0 Å². The number of carbonyl (C=O) groups is 1. The van der Waals surface area contributed by atoms with E-state index in [1.807, 2.05) is 4.90 Å². The number of hydrogen-bond donors (Lipinski definition) is 0. The van der Waals surface area contributed by atoms with Gasteiger partial charge in [-0.2, -0.15) is 4.31 Å². The van der Waals surface area contributed by atoms with Crippen LogP contribution in [0.1, 0.15) is 49.4 Å². The minimum absolute atomic E-state index is 0.00321. The van der Waals surface area contributed by atoms with Gasteiger partial charge in [0.2, 0.25) is 10.0 Å². The molecule has 3 rings (SSSR count). The second-order valence-corrected chi connectivity index (χ2v) is 8.93. The molecule has 0 N–H and O–H groups in total. The van der Waals surface area contributed by atoms with Crippen LogP contribution in [-0.2, 0) is 10.0 Å². The molecule has 0 aliphatic carbocycles. The summed E-state index contributed by atoms with van der Waals surface area (Å²) in [5.41, 5.74) is 0.571. The molecule has 0 radical (unpaired) electrons. The lowest BCUT2D eigenvalue weighted by molar-refractivity contribution is 0.0683. The molecule has 2 aliphatic rings. The van der Waals surface area contributed by atoms with E-state index < -0.39 is 10.0 Å². The van der Waals surface area contributed by atoms with Gasteiger partial charge in [0.1, 0.15) is 0 Å². The topological polar surface area (TPSA) is 57.7 Å². The molecule has 1 unspecified atom stereocenters. The van der Waals surface area contributed by atoms with Crippen molar-refractivity contribution in [1.82, 2.24) is 9.21 Å². The molecule has 1 atom stereocenters. The number of likely N-dealkylation sites (tertiary alicyclic amines) is 1. The number of hydrogen-bond acceptors (Lipinski definition) is 3. The Morgan fingerprint density at radius 1 is 1.00 bits per heavy atom. The lowest BCUT2D eigenvalue weighted by Crippen LogP contribution is -2.39. The second kappa shape index (κ2) is 7.23. The molecule has 1 aromatic carbocycles. The number of nitrogens with zero attached hydrogens (tertiary/aromatic N) is 2. The quantitative estimate of drug-likeness (QED) is 0.842. The molecule has 2 heterocycles. The highest BCUT2D eigenvalue weighted by Gasteiger charge is 2.27. The Bertz CT molecular complexity index is 679. The smallest absolute Gasteiger partial charge is 0.253 e. The van der Waals surface area contributed by atoms with Crippen LogP contribution in [0.2, 0.25) is 0 Å². The van der Waals surface area contributed by atoms with Crippen molar-refractivity contribution in [1.29, 1.82) is 0 Å². The minimum atomic E-state index is -3.43. The lowest BCUT2D eigenvalue weighted by atomic mass is 9.99. The Balaban J connectivity index is 1.74. The predicted octanol–water partition coefficient (Wildman–Crippen LogP) is 2.73. The van der Waals surface area contributed by atoms with Gasteiger partial charge in [0.25, 0.3) is 5.91 Å². The summed E-state index contributed by atoms with van der Waals surface area (Å²) in [5, 5.41) is 0. The molecule has 1 amide bonds. The standard InChI is InChI=1S/C18H26N2O3S/c1-15-6-5-11-19(14-15)18(21)16-7-9-17(10-8-16)24(22,23)20-12-3-2-4-13-20/h7-10,15H,2-6,11-14H2,1H3. The Labute approximate surface area is 144 Å². The van der Waals surface area contributed by atoms with Crippen molar-refractivity contribution in [2.24, 2.45) is 5.92 Å². The van der Waals surface area contributed by atoms with Crippen molar-refractivity contribution >= 4 is 15.9 Å². The van der Waals surface area contributed by atoms with Gasteiger partial charge in [0.15, 0.2) is 0 Å². The molecule has 0 spiro atoms. The van der Waals surface area contributed by atoms with Crippen molar-refractivity contribution in [2.75, 3.05) is 26.2 Å². The van der Waals surface area contributed by atoms with Gasteiger partial charge in [-0.05, 0) is 55.9 Å². The molecule has 1 aromatic rings. The average Bonchev–Trinajstić information content (AvgIpc) is 2.62. The summed E-state index contributed by atoms with van der Waals surface area (Å²) in [7, 11) is -3.43. The SMILES string of the molecule is CC1CCCN(C(=O)c2ccc(S(=O)(=O)N3CCCCC3)cc2)C1. The van der Waals surface area contributed by atoms with Crippen molar-refractivity contribution in [3.05, 3.63) is 29.8 Å². The van der Waals surface area contributed by atoms with Crippen LogP contribution in [-0.4, -0.2) is 49.7 Å². The van der Waals surface area contributed by atoms with E-state index in [2.05, 4.69) is 6.92 Å². The zero-order chi connectivity index (χ0) is 17.2. The second-order valence-electron chi connectivity index (χ2n) is 6.99. The van der Waals surface area contributed by atoms with Crippen LogP contribution < -0.4 is 0 Å². The van der Waals surface area contributed by atoms with E-state index >= 15 is 0 Å². The molecule has 2 fully saturated rings. The van der Waals surface area contributed by atoms with E-state index in [0.717, 1.165) is 45.2 Å². The van der Waals surface area contributed by atoms with Gasteiger partial charge in [-0.15, -0.1) is 0 Å². The molecule has 0 aromatic heterocycles. The molecule has 5 nitrogen and oxygen atoms in total. The first-order valence-corrected chi connectivity index (χ1v) is 10.3. The maximum Gasteiger partial charge on any atom is 0.253 e. The fourth-order valence-corrected chi connectivity index (χ4v) is 5.10. The zero-order valence-corrected chi connectivity index (χ0v) is 15.1. The van der Waals surface area contributed by atoms with Crippen LogP contribution in [0.25, 0.3) is 0 Å². The lowest BCUT2D eigenvalue weighted by Gasteiger charge is -2.31. The van der Waals surface area contributed by atoms with Crippen LogP contribution in [0.15, 0.2) is 29.2 Å². The summed E-state index contributed by atoms with van der Waals surface area (Å²) < 4.78 is 26.8. The van der Waals surface area contributed by atoms with E-state index in [9.17, 15) is 13.2 Å². The van der Waals surface area contributed by atoms with Crippen LogP contribution in [0.5, 0.6) is 0 Å². The molecule has 132 valence electrons. The molecule has 0 bridgehead atoms. The van der Waals surface area contributed by atoms with Gasteiger partial charge in [-0.1, -0.05) is 13.3 Å². The number of sulfonamides is 1. The zero-order valence-electron chi connectivity index (χ0n) is 14.3. The highest BCUT2D eigenvalue weighted by Crippen LogP contribution is 2.22. The summed E-state index contributed by atoms with van der Waals surface area (Å²) in [4.78, 5) is 14.7. The van der Waals surface area contributed by atoms with Crippen molar-refractivity contribution in [3.8, 4) is 0 Å². The molecule has 6 heteroatoms. The third-order valence-corrected chi connectivity index (χ3v) is 6.91. The first kappa shape index (κ1) is 17.4. The largest absolute Gasteiger partial charge is 0.338 e. The summed E-state index contributed by atoms with van der Waals surface area (Å²) in [6.45, 7) is 4.92. The predicted molar refractivity (Wildman–Crippen MR) is 93.4 cm³/mol. The molecule has 0 saturated carbocycles. The molecule has 2 aliphatic heterocycles. The van der Waals surface area contributed by atoms with E-state index in [4.69, 9.17) is 0 Å². The Morgan fingerprint density at radius 3 is 2.29 bits per heavy atom.